The van der Waals surface area contributed by atoms with Gasteiger partial charge in [0.2, 0.25) is 0 Å². The van der Waals surface area contributed by atoms with Gasteiger partial charge >= 0.3 is 5.97 Å². The Morgan fingerprint density at radius 1 is 1.36 bits per heavy atom. The smallest absolute Gasteiger partial charge is 0.307 e. The summed E-state index contributed by atoms with van der Waals surface area (Å²) in [4.78, 5) is 13.5. The zero-order chi connectivity index (χ0) is 18.0. The van der Waals surface area contributed by atoms with Gasteiger partial charge in [-0.2, -0.15) is 0 Å². The molecule has 1 aliphatic heterocycles. The maximum atomic E-state index is 11.2. The molecule has 0 amide bonds. The van der Waals surface area contributed by atoms with Crippen LogP contribution in [0.15, 0.2) is 29.8 Å². The first-order valence-corrected chi connectivity index (χ1v) is 9.53. The molecule has 3 N–H and O–H groups in total. The minimum absolute atomic E-state index is 0.0127. The highest BCUT2D eigenvalue weighted by Crippen LogP contribution is 2.36. The number of halogens is 2. The van der Waals surface area contributed by atoms with E-state index < -0.39 is 5.97 Å². The molecule has 136 valence electrons. The van der Waals surface area contributed by atoms with Crippen molar-refractivity contribution < 1.29 is 9.90 Å². The van der Waals surface area contributed by atoms with E-state index in [9.17, 15) is 9.90 Å². The molecule has 1 heterocycles. The number of nitrogens with two attached hydrogens (primary N) is 1. The fourth-order valence-electron chi connectivity index (χ4n) is 3.97. The van der Waals surface area contributed by atoms with Gasteiger partial charge in [-0.3, -0.25) is 9.69 Å². The number of hydrogen-bond donors (Lipinski definition) is 2. The highest BCUT2D eigenvalue weighted by Gasteiger charge is 2.29. The van der Waals surface area contributed by atoms with Gasteiger partial charge in [-0.05, 0) is 49.9 Å². The first kappa shape index (κ1) is 18.7. The van der Waals surface area contributed by atoms with Crippen LogP contribution in [0.2, 0.25) is 10.0 Å². The molecule has 0 bridgehead atoms. The maximum absolute atomic E-state index is 11.2. The van der Waals surface area contributed by atoms with Crippen molar-refractivity contribution in [2.24, 2.45) is 11.7 Å². The van der Waals surface area contributed by atoms with E-state index in [1.54, 1.807) is 6.07 Å². The summed E-state index contributed by atoms with van der Waals surface area (Å²) < 4.78 is 0. The summed E-state index contributed by atoms with van der Waals surface area (Å²) in [7, 11) is 0. The SMILES string of the molecule is N[C@@H]1CC(CN2CCC[C@@H](C(=O)O)C2)=CC[C@H]1c1ccc(Cl)cc1Cl. The molecule has 6 heteroatoms. The lowest BCUT2D eigenvalue weighted by Crippen LogP contribution is -2.41. The Labute approximate surface area is 158 Å². The fourth-order valence-corrected chi connectivity index (χ4v) is 4.52. The minimum Gasteiger partial charge on any atom is -0.481 e. The molecule has 0 unspecified atom stereocenters. The van der Waals surface area contributed by atoms with Gasteiger partial charge < -0.3 is 10.8 Å². The van der Waals surface area contributed by atoms with Gasteiger partial charge in [0.05, 0.1) is 5.92 Å². The summed E-state index contributed by atoms with van der Waals surface area (Å²) in [6, 6.07) is 5.60. The molecule has 2 aliphatic rings. The molecule has 1 aromatic rings. The fraction of sp³-hybridized carbons (Fsp3) is 0.526. The molecule has 4 nitrogen and oxygen atoms in total. The van der Waals surface area contributed by atoms with Crippen molar-refractivity contribution in [1.29, 1.82) is 0 Å². The highest BCUT2D eigenvalue weighted by molar-refractivity contribution is 6.35. The first-order chi connectivity index (χ1) is 11.9. The van der Waals surface area contributed by atoms with E-state index in [2.05, 4.69) is 11.0 Å². The monoisotopic (exact) mass is 382 g/mol. The largest absolute Gasteiger partial charge is 0.481 e. The molecule has 1 saturated heterocycles. The average Bonchev–Trinajstić information content (AvgIpc) is 2.56. The van der Waals surface area contributed by atoms with Gasteiger partial charge in [0.15, 0.2) is 0 Å². The molecular weight excluding hydrogens is 359 g/mol. The predicted octanol–water partition coefficient (Wildman–Crippen LogP) is 3.92. The van der Waals surface area contributed by atoms with Gasteiger partial charge in [0.1, 0.15) is 0 Å². The van der Waals surface area contributed by atoms with Gasteiger partial charge in [-0.1, -0.05) is 40.9 Å². The lowest BCUT2D eigenvalue weighted by atomic mass is 9.80. The number of nitrogens with zero attached hydrogens (tertiary/aromatic N) is 1. The Bertz CT molecular complexity index is 677. The van der Waals surface area contributed by atoms with E-state index in [0.717, 1.165) is 44.3 Å². The summed E-state index contributed by atoms with van der Waals surface area (Å²) in [5.41, 5.74) is 8.80. The quantitative estimate of drug-likeness (QED) is 0.774. The zero-order valence-electron chi connectivity index (χ0n) is 14.1. The molecule has 3 atom stereocenters. The van der Waals surface area contributed by atoms with Crippen LogP contribution >= 0.6 is 23.2 Å². The van der Waals surface area contributed by atoms with E-state index in [0.29, 0.717) is 16.6 Å². The van der Waals surface area contributed by atoms with Crippen molar-refractivity contribution in [3.63, 3.8) is 0 Å². The molecule has 1 aromatic carbocycles. The molecule has 1 aliphatic carbocycles. The molecule has 25 heavy (non-hydrogen) atoms. The Kier molecular flexibility index (Phi) is 6.05. The standard InChI is InChI=1S/C19H24Cl2N2O2/c20-14-4-6-15(17(21)9-14)16-5-3-12(8-18(16)22)10-23-7-1-2-13(11-23)19(24)25/h3-4,6,9,13,16,18H,1-2,5,7-8,10-11,22H2,(H,24,25)/t13-,16+,18-/m1/s1. The average molecular weight is 383 g/mol. The van der Waals surface area contributed by atoms with Crippen LogP contribution < -0.4 is 5.73 Å². The minimum atomic E-state index is -0.684. The number of allylic oxidation sites excluding steroid dienone is 1. The van der Waals surface area contributed by atoms with Gasteiger partial charge in [-0.15, -0.1) is 0 Å². The van der Waals surface area contributed by atoms with Crippen LogP contribution in [-0.4, -0.2) is 41.7 Å². The Morgan fingerprint density at radius 2 is 2.16 bits per heavy atom. The predicted molar refractivity (Wildman–Crippen MR) is 101 cm³/mol. The summed E-state index contributed by atoms with van der Waals surface area (Å²) in [5, 5.41) is 10.5. The lowest BCUT2D eigenvalue weighted by Gasteiger charge is -2.35. The van der Waals surface area contributed by atoms with Crippen LogP contribution in [0, 0.1) is 5.92 Å². The van der Waals surface area contributed by atoms with Crippen LogP contribution in [0.5, 0.6) is 0 Å². The molecule has 0 spiro atoms. The van der Waals surface area contributed by atoms with Gasteiger partial charge in [0.25, 0.3) is 0 Å². The van der Waals surface area contributed by atoms with Crippen molar-refractivity contribution in [2.75, 3.05) is 19.6 Å². The van der Waals surface area contributed by atoms with Crippen molar-refractivity contribution in [1.82, 2.24) is 4.90 Å². The van der Waals surface area contributed by atoms with Crippen LogP contribution in [0.4, 0.5) is 0 Å². The van der Waals surface area contributed by atoms with E-state index in [4.69, 9.17) is 28.9 Å². The second-order valence-corrected chi connectivity index (χ2v) is 7.99. The number of carboxylic acids is 1. The second-order valence-electron chi connectivity index (χ2n) is 7.15. The van der Waals surface area contributed by atoms with Gasteiger partial charge in [-0.25, -0.2) is 0 Å². The van der Waals surface area contributed by atoms with Crippen molar-refractivity contribution in [2.45, 2.75) is 37.6 Å². The third-order valence-corrected chi connectivity index (χ3v) is 5.88. The summed E-state index contributed by atoms with van der Waals surface area (Å²) in [5.74, 6) is -0.731. The first-order valence-electron chi connectivity index (χ1n) is 8.77. The zero-order valence-corrected chi connectivity index (χ0v) is 15.6. The summed E-state index contributed by atoms with van der Waals surface area (Å²) >= 11 is 12.3. The third-order valence-electron chi connectivity index (χ3n) is 5.32. The third kappa shape index (κ3) is 4.56. The van der Waals surface area contributed by atoms with Gasteiger partial charge in [0, 0.05) is 35.1 Å². The molecule has 1 fully saturated rings. The highest BCUT2D eigenvalue weighted by atomic mass is 35.5. The topological polar surface area (TPSA) is 66.6 Å². The molecule has 0 aromatic heterocycles. The Hall–Kier alpha value is -1.07. The van der Waals surface area contributed by atoms with E-state index in [1.807, 2.05) is 12.1 Å². The summed E-state index contributed by atoms with van der Waals surface area (Å²) in [6.45, 7) is 2.41. The normalized spacial score (nSPS) is 27.8. The number of carboxylic acid groups (broad SMARTS) is 1. The molecule has 3 rings (SSSR count). The lowest BCUT2D eigenvalue weighted by molar-refractivity contribution is -0.143. The second kappa shape index (κ2) is 8.09. The summed E-state index contributed by atoms with van der Waals surface area (Å²) in [6.07, 6.45) is 5.65. The van der Waals surface area contributed by atoms with Crippen LogP contribution in [0.3, 0.4) is 0 Å². The van der Waals surface area contributed by atoms with E-state index in [-0.39, 0.29) is 17.9 Å². The van der Waals surface area contributed by atoms with Crippen LogP contribution in [0.1, 0.15) is 37.2 Å². The number of hydrogen-bond acceptors (Lipinski definition) is 3. The number of rotatable bonds is 4. The number of aliphatic carboxylic acids is 1. The number of carbonyl (C=O) groups is 1. The van der Waals surface area contributed by atoms with Crippen molar-refractivity contribution in [3.8, 4) is 0 Å². The molecule has 0 saturated carbocycles. The van der Waals surface area contributed by atoms with Crippen molar-refractivity contribution >= 4 is 29.2 Å². The molecular formula is C19H24Cl2N2O2. The van der Waals surface area contributed by atoms with E-state index >= 15 is 0 Å². The maximum Gasteiger partial charge on any atom is 0.307 e. The number of benzene rings is 1. The van der Waals surface area contributed by atoms with Crippen LogP contribution in [0.25, 0.3) is 0 Å². The number of piperidine rings is 1. The van der Waals surface area contributed by atoms with Crippen molar-refractivity contribution in [3.05, 3.63) is 45.5 Å². The Morgan fingerprint density at radius 3 is 2.84 bits per heavy atom. The number of likely N-dealkylation sites (tertiary alicyclic amines) is 1. The van der Waals surface area contributed by atoms with Crippen LogP contribution in [-0.2, 0) is 4.79 Å². The van der Waals surface area contributed by atoms with E-state index in [1.165, 1.54) is 5.57 Å². The Balaban J connectivity index is 1.64. The molecule has 0 radical (unpaired) electrons.